The maximum atomic E-state index is 12.9. The molecule has 0 aliphatic carbocycles. The van der Waals surface area contributed by atoms with Gasteiger partial charge in [-0.05, 0) is 36.8 Å². The third-order valence-electron chi connectivity index (χ3n) is 4.46. The summed E-state index contributed by atoms with van der Waals surface area (Å²) in [4.78, 5) is 8.62. The van der Waals surface area contributed by atoms with Crippen LogP contribution in [-0.2, 0) is 11.3 Å². The lowest BCUT2D eigenvalue weighted by atomic mass is 10.2. The van der Waals surface area contributed by atoms with Gasteiger partial charge < -0.3 is 15.4 Å². The predicted molar refractivity (Wildman–Crippen MR) is 103 cm³/mol. The zero-order chi connectivity index (χ0) is 20.2. The first kappa shape index (κ1) is 19.3. The van der Waals surface area contributed by atoms with Crippen LogP contribution in [0.3, 0.4) is 0 Å². The average Bonchev–Trinajstić information content (AvgIpc) is 3.17. The number of anilines is 2. The van der Waals surface area contributed by atoms with E-state index in [2.05, 4.69) is 30.9 Å². The Morgan fingerprint density at radius 3 is 2.97 bits per heavy atom. The number of ether oxygens (including phenoxy) is 1. The number of aryl methyl sites for hydroxylation is 1. The average molecular weight is 401 g/mol. The molecule has 0 radical (unpaired) electrons. The first-order chi connectivity index (χ1) is 14.1. The second-order valence-corrected chi connectivity index (χ2v) is 6.84. The van der Waals surface area contributed by atoms with Crippen LogP contribution in [0.15, 0.2) is 36.7 Å². The molecule has 4 rings (SSSR count). The summed E-state index contributed by atoms with van der Waals surface area (Å²) in [5.41, 5.74) is 2.09. The van der Waals surface area contributed by atoms with Crippen LogP contribution < -0.4 is 10.6 Å². The standard InChI is InChI=1S/C19H21F2N7O/c1-12-6-15(16-11-28(27-26-16)10-14-9-22-4-5-29-14)24-18(7-12)25-17-8-13(19(20)21)2-3-23-17/h2-3,6-8,11,14,19,22H,4-5,9-10H2,1H3,(H,23,24,25)/t14-/m0/s1. The lowest BCUT2D eigenvalue weighted by Crippen LogP contribution is -2.40. The minimum Gasteiger partial charge on any atom is -0.374 e. The number of hydrogen-bond donors (Lipinski definition) is 2. The van der Waals surface area contributed by atoms with E-state index in [0.29, 0.717) is 36.2 Å². The minimum atomic E-state index is -2.56. The summed E-state index contributed by atoms with van der Waals surface area (Å²) in [5.74, 6) is 0.797. The molecule has 0 spiro atoms. The molecule has 152 valence electrons. The lowest BCUT2D eigenvalue weighted by Gasteiger charge is -2.23. The third-order valence-corrected chi connectivity index (χ3v) is 4.46. The van der Waals surface area contributed by atoms with Gasteiger partial charge in [-0.1, -0.05) is 5.21 Å². The number of aromatic nitrogens is 5. The van der Waals surface area contributed by atoms with Crippen molar-refractivity contribution in [3.8, 4) is 11.4 Å². The van der Waals surface area contributed by atoms with E-state index < -0.39 is 6.43 Å². The monoisotopic (exact) mass is 401 g/mol. The summed E-state index contributed by atoms with van der Waals surface area (Å²) < 4.78 is 33.2. The Hall–Kier alpha value is -2.98. The molecule has 8 nitrogen and oxygen atoms in total. The number of pyridine rings is 2. The molecule has 1 aliphatic rings. The molecular formula is C19H21F2N7O. The first-order valence-electron chi connectivity index (χ1n) is 9.29. The van der Waals surface area contributed by atoms with Crippen molar-refractivity contribution >= 4 is 11.6 Å². The van der Waals surface area contributed by atoms with Crippen molar-refractivity contribution < 1.29 is 13.5 Å². The number of rotatable bonds is 6. The van der Waals surface area contributed by atoms with E-state index in [1.807, 2.05) is 25.3 Å². The quantitative estimate of drug-likeness (QED) is 0.656. The van der Waals surface area contributed by atoms with Crippen LogP contribution in [0.4, 0.5) is 20.4 Å². The zero-order valence-electron chi connectivity index (χ0n) is 15.8. The van der Waals surface area contributed by atoms with Crippen molar-refractivity contribution in [2.75, 3.05) is 25.0 Å². The van der Waals surface area contributed by atoms with Gasteiger partial charge in [0, 0.05) is 24.8 Å². The number of morpholine rings is 1. The Morgan fingerprint density at radius 2 is 2.17 bits per heavy atom. The predicted octanol–water partition coefficient (Wildman–Crippen LogP) is 2.71. The van der Waals surface area contributed by atoms with Crippen molar-refractivity contribution in [3.05, 3.63) is 47.8 Å². The number of alkyl halides is 2. The number of nitrogens with one attached hydrogen (secondary N) is 2. The van der Waals surface area contributed by atoms with Gasteiger partial charge in [0.15, 0.2) is 0 Å². The van der Waals surface area contributed by atoms with Crippen molar-refractivity contribution in [3.63, 3.8) is 0 Å². The Labute approximate surface area is 166 Å². The molecule has 1 saturated heterocycles. The van der Waals surface area contributed by atoms with Gasteiger partial charge in [-0.25, -0.2) is 23.4 Å². The Bertz CT molecular complexity index is 973. The molecule has 29 heavy (non-hydrogen) atoms. The lowest BCUT2D eigenvalue weighted by molar-refractivity contribution is 0.0158. The first-order valence-corrected chi connectivity index (χ1v) is 9.29. The van der Waals surface area contributed by atoms with Crippen LogP contribution in [0.2, 0.25) is 0 Å². The zero-order valence-corrected chi connectivity index (χ0v) is 15.8. The van der Waals surface area contributed by atoms with E-state index >= 15 is 0 Å². The van der Waals surface area contributed by atoms with Gasteiger partial charge in [0.1, 0.15) is 17.3 Å². The van der Waals surface area contributed by atoms with Gasteiger partial charge in [-0.2, -0.15) is 0 Å². The van der Waals surface area contributed by atoms with Gasteiger partial charge in [0.25, 0.3) is 6.43 Å². The maximum absolute atomic E-state index is 12.9. The Morgan fingerprint density at radius 1 is 1.28 bits per heavy atom. The second-order valence-electron chi connectivity index (χ2n) is 6.84. The molecule has 0 bridgehead atoms. The smallest absolute Gasteiger partial charge is 0.264 e. The van der Waals surface area contributed by atoms with Crippen LogP contribution in [0.5, 0.6) is 0 Å². The van der Waals surface area contributed by atoms with Crippen LogP contribution >= 0.6 is 0 Å². The highest BCUT2D eigenvalue weighted by Crippen LogP contribution is 2.24. The normalized spacial score (nSPS) is 16.9. The van der Waals surface area contributed by atoms with E-state index in [1.54, 1.807) is 4.68 Å². The molecule has 0 amide bonds. The van der Waals surface area contributed by atoms with Crippen molar-refractivity contribution in [1.29, 1.82) is 0 Å². The fraction of sp³-hybridized carbons (Fsp3) is 0.368. The molecule has 2 N–H and O–H groups in total. The summed E-state index contributed by atoms with van der Waals surface area (Å²) in [6.07, 6.45) is 0.653. The molecule has 1 fully saturated rings. The summed E-state index contributed by atoms with van der Waals surface area (Å²) in [6.45, 7) is 4.84. The number of nitrogens with zero attached hydrogens (tertiary/aromatic N) is 5. The molecule has 0 aromatic carbocycles. The van der Waals surface area contributed by atoms with Gasteiger partial charge in [0.05, 0.1) is 31.1 Å². The number of halogens is 2. The molecule has 0 saturated carbocycles. The maximum Gasteiger partial charge on any atom is 0.264 e. The van der Waals surface area contributed by atoms with Crippen LogP contribution in [-0.4, -0.2) is 50.8 Å². The van der Waals surface area contributed by atoms with E-state index in [0.717, 1.165) is 18.7 Å². The third kappa shape index (κ3) is 4.90. The molecule has 1 atom stereocenters. The molecule has 3 aromatic rings. The van der Waals surface area contributed by atoms with Crippen molar-refractivity contribution in [2.24, 2.45) is 0 Å². The SMILES string of the molecule is Cc1cc(Nc2cc(C(F)F)ccn2)nc(-c2cn(C[C@@H]3CNCCO3)nn2)c1. The summed E-state index contributed by atoms with van der Waals surface area (Å²) in [5, 5.41) is 14.6. The van der Waals surface area contributed by atoms with E-state index in [9.17, 15) is 8.78 Å². The van der Waals surface area contributed by atoms with Gasteiger partial charge in [-0.15, -0.1) is 5.10 Å². The van der Waals surface area contributed by atoms with Gasteiger partial charge >= 0.3 is 0 Å². The second kappa shape index (κ2) is 8.58. The van der Waals surface area contributed by atoms with Gasteiger partial charge in [0.2, 0.25) is 0 Å². The molecule has 10 heteroatoms. The molecule has 4 heterocycles. The highest BCUT2D eigenvalue weighted by molar-refractivity contribution is 5.61. The van der Waals surface area contributed by atoms with Gasteiger partial charge in [-0.3, -0.25) is 0 Å². The van der Waals surface area contributed by atoms with E-state index in [4.69, 9.17) is 4.74 Å². The largest absolute Gasteiger partial charge is 0.374 e. The molecule has 0 unspecified atom stereocenters. The van der Waals surface area contributed by atoms with Crippen molar-refractivity contribution in [1.82, 2.24) is 30.3 Å². The van der Waals surface area contributed by atoms with E-state index in [1.165, 1.54) is 18.3 Å². The summed E-state index contributed by atoms with van der Waals surface area (Å²) >= 11 is 0. The Kier molecular flexibility index (Phi) is 5.72. The van der Waals surface area contributed by atoms with E-state index in [-0.39, 0.29) is 11.7 Å². The van der Waals surface area contributed by atoms with Crippen LogP contribution in [0.25, 0.3) is 11.4 Å². The fourth-order valence-electron chi connectivity index (χ4n) is 3.10. The Balaban J connectivity index is 1.52. The highest BCUT2D eigenvalue weighted by Gasteiger charge is 2.16. The molecular weight excluding hydrogens is 380 g/mol. The van der Waals surface area contributed by atoms with Crippen molar-refractivity contribution in [2.45, 2.75) is 26.0 Å². The number of hydrogen-bond acceptors (Lipinski definition) is 7. The molecule has 3 aromatic heterocycles. The minimum absolute atomic E-state index is 0.0502. The summed E-state index contributed by atoms with van der Waals surface area (Å²) in [6, 6.07) is 6.30. The topological polar surface area (TPSA) is 89.8 Å². The molecule has 1 aliphatic heterocycles. The highest BCUT2D eigenvalue weighted by atomic mass is 19.3. The van der Waals surface area contributed by atoms with Crippen LogP contribution in [0.1, 0.15) is 17.6 Å². The summed E-state index contributed by atoms with van der Waals surface area (Å²) in [7, 11) is 0. The van der Waals surface area contributed by atoms with Crippen LogP contribution in [0, 0.1) is 6.92 Å². The fourth-order valence-corrected chi connectivity index (χ4v) is 3.10.